The van der Waals surface area contributed by atoms with Gasteiger partial charge in [0, 0.05) is 13.1 Å². The molecule has 1 aromatic carbocycles. The first-order chi connectivity index (χ1) is 11.0. The van der Waals surface area contributed by atoms with Crippen LogP contribution in [0.2, 0.25) is 5.02 Å². The molecule has 1 aliphatic rings. The van der Waals surface area contributed by atoms with Crippen molar-refractivity contribution in [3.63, 3.8) is 0 Å². The summed E-state index contributed by atoms with van der Waals surface area (Å²) in [5, 5.41) is 21.4. The van der Waals surface area contributed by atoms with E-state index in [1.54, 1.807) is 6.20 Å². The fraction of sp³-hybridized carbons (Fsp3) is 0.357. The van der Waals surface area contributed by atoms with Crippen LogP contribution in [0.1, 0.15) is 18.5 Å². The highest BCUT2D eigenvalue weighted by atomic mass is 35.5. The second kappa shape index (κ2) is 6.61. The van der Waals surface area contributed by atoms with Gasteiger partial charge in [-0.3, -0.25) is 15.3 Å². The second-order valence-corrected chi connectivity index (χ2v) is 5.69. The highest BCUT2D eigenvalue weighted by molar-refractivity contribution is 6.32. The van der Waals surface area contributed by atoms with Crippen molar-refractivity contribution in [2.24, 2.45) is 0 Å². The van der Waals surface area contributed by atoms with Gasteiger partial charge in [0.2, 0.25) is 0 Å². The number of hydrogen-bond donors (Lipinski definition) is 2. The molecule has 1 fully saturated rings. The number of hydrogen-bond acceptors (Lipinski definition) is 5. The molecule has 7 nitrogen and oxygen atoms in total. The number of benzene rings is 1. The van der Waals surface area contributed by atoms with Crippen LogP contribution in [0.5, 0.6) is 0 Å². The maximum Gasteiger partial charge on any atom is 0.263 e. The summed E-state index contributed by atoms with van der Waals surface area (Å²) >= 11 is 5.99. The third-order valence-corrected chi connectivity index (χ3v) is 3.94. The lowest BCUT2D eigenvalue weighted by molar-refractivity contribution is -0.172. The Morgan fingerprint density at radius 2 is 2.30 bits per heavy atom. The summed E-state index contributed by atoms with van der Waals surface area (Å²) in [5.41, 5.74) is 1.12. The number of rotatable bonds is 4. The summed E-state index contributed by atoms with van der Waals surface area (Å²) in [6.07, 6.45) is 3.04. The van der Waals surface area contributed by atoms with Crippen LogP contribution in [0.25, 0.3) is 5.69 Å². The van der Waals surface area contributed by atoms with Gasteiger partial charge in [-0.15, -0.1) is 5.10 Å². The predicted octanol–water partition coefficient (Wildman–Crippen LogP) is 1.53. The minimum absolute atomic E-state index is 0.229. The summed E-state index contributed by atoms with van der Waals surface area (Å²) in [6, 6.07) is 3.57. The van der Waals surface area contributed by atoms with Crippen LogP contribution in [0.4, 0.5) is 4.39 Å². The quantitative estimate of drug-likeness (QED) is 0.825. The molecule has 0 bridgehead atoms. The van der Waals surface area contributed by atoms with Gasteiger partial charge in [-0.05, 0) is 31.0 Å². The minimum Gasteiger partial charge on any atom is -0.300 e. The maximum atomic E-state index is 13.1. The maximum absolute atomic E-state index is 13.1. The monoisotopic (exact) mass is 339 g/mol. The number of piperidine rings is 1. The topological polar surface area (TPSA) is 83.3 Å². The number of nitrogens with zero attached hydrogens (tertiary/aromatic N) is 4. The largest absolute Gasteiger partial charge is 0.300 e. The molecule has 1 atom stereocenters. The van der Waals surface area contributed by atoms with Crippen LogP contribution in [0, 0.1) is 5.82 Å². The van der Waals surface area contributed by atoms with E-state index in [1.165, 1.54) is 22.9 Å². The Kier molecular flexibility index (Phi) is 4.56. The Balaban J connectivity index is 1.66. The zero-order chi connectivity index (χ0) is 16.4. The smallest absolute Gasteiger partial charge is 0.263 e. The van der Waals surface area contributed by atoms with E-state index in [2.05, 4.69) is 15.6 Å². The lowest BCUT2D eigenvalue weighted by atomic mass is 10.1. The van der Waals surface area contributed by atoms with Crippen molar-refractivity contribution in [1.29, 1.82) is 0 Å². The van der Waals surface area contributed by atoms with Crippen molar-refractivity contribution in [2.75, 3.05) is 6.54 Å². The molecule has 0 radical (unpaired) electrons. The molecule has 0 spiro atoms. The molecule has 3 rings (SSSR count). The van der Waals surface area contributed by atoms with Crippen LogP contribution in [-0.2, 0) is 11.3 Å². The van der Waals surface area contributed by atoms with Gasteiger partial charge in [-0.2, -0.15) is 0 Å². The Hall–Kier alpha value is -2.03. The Morgan fingerprint density at radius 3 is 3.09 bits per heavy atom. The van der Waals surface area contributed by atoms with E-state index in [0.717, 1.165) is 11.5 Å². The third-order valence-electron chi connectivity index (χ3n) is 3.64. The van der Waals surface area contributed by atoms with E-state index in [-0.39, 0.29) is 10.9 Å². The Morgan fingerprint density at radius 1 is 1.48 bits per heavy atom. The SMILES string of the molecule is O=C1C(NCc2cn(-c3ccc(F)cc3Cl)nn2)CCCN1O. The Bertz CT molecular complexity index is 723. The Labute approximate surface area is 136 Å². The molecule has 1 unspecified atom stereocenters. The van der Waals surface area contributed by atoms with Crippen molar-refractivity contribution < 1.29 is 14.4 Å². The standard InChI is InChI=1S/C14H15ClFN5O2/c15-11-6-9(16)3-4-13(11)20-8-10(18-19-20)7-17-12-2-1-5-21(23)14(12)22/h3-4,6,8,12,17,23H,1-2,5,7H2. The van der Waals surface area contributed by atoms with Crippen molar-refractivity contribution in [1.82, 2.24) is 25.4 Å². The fourth-order valence-electron chi connectivity index (χ4n) is 2.44. The molecule has 1 saturated heterocycles. The molecule has 23 heavy (non-hydrogen) atoms. The first-order valence-electron chi connectivity index (χ1n) is 7.15. The lowest BCUT2D eigenvalue weighted by Gasteiger charge is -2.27. The molecule has 0 saturated carbocycles. The van der Waals surface area contributed by atoms with E-state index >= 15 is 0 Å². The molecule has 0 aliphatic carbocycles. The first-order valence-corrected chi connectivity index (χ1v) is 7.52. The van der Waals surface area contributed by atoms with Gasteiger partial charge >= 0.3 is 0 Å². The van der Waals surface area contributed by atoms with Crippen molar-refractivity contribution in [3.05, 3.63) is 40.9 Å². The second-order valence-electron chi connectivity index (χ2n) is 5.29. The molecule has 9 heteroatoms. The summed E-state index contributed by atoms with van der Waals surface area (Å²) < 4.78 is 14.5. The minimum atomic E-state index is -0.437. The average molecular weight is 340 g/mol. The van der Waals surface area contributed by atoms with Gasteiger partial charge in [0.25, 0.3) is 5.91 Å². The number of carbonyl (C=O) groups excluding carboxylic acids is 1. The molecular weight excluding hydrogens is 325 g/mol. The molecule has 1 aliphatic heterocycles. The first kappa shape index (κ1) is 15.9. The van der Waals surface area contributed by atoms with E-state index in [0.29, 0.717) is 30.9 Å². The van der Waals surface area contributed by atoms with Gasteiger partial charge in [-0.1, -0.05) is 16.8 Å². The van der Waals surface area contributed by atoms with E-state index < -0.39 is 11.9 Å². The van der Waals surface area contributed by atoms with Crippen molar-refractivity contribution in [2.45, 2.75) is 25.4 Å². The number of carbonyl (C=O) groups is 1. The van der Waals surface area contributed by atoms with E-state index in [1.807, 2.05) is 0 Å². The van der Waals surface area contributed by atoms with Gasteiger partial charge < -0.3 is 0 Å². The summed E-state index contributed by atoms with van der Waals surface area (Å²) in [6.45, 7) is 0.680. The molecule has 1 amide bonds. The van der Waals surface area contributed by atoms with Crippen LogP contribution < -0.4 is 5.32 Å². The zero-order valence-electron chi connectivity index (χ0n) is 12.1. The molecule has 2 aromatic rings. The summed E-state index contributed by atoms with van der Waals surface area (Å²) in [7, 11) is 0. The van der Waals surface area contributed by atoms with Crippen LogP contribution in [0.15, 0.2) is 24.4 Å². The summed E-state index contributed by atoms with van der Waals surface area (Å²) in [5.74, 6) is -0.768. The van der Waals surface area contributed by atoms with Gasteiger partial charge in [0.05, 0.1) is 28.6 Å². The van der Waals surface area contributed by atoms with Gasteiger partial charge in [0.1, 0.15) is 5.82 Å². The average Bonchev–Trinajstić information content (AvgIpc) is 2.97. The number of amides is 1. The molecule has 122 valence electrons. The van der Waals surface area contributed by atoms with Crippen LogP contribution in [-0.4, -0.2) is 43.8 Å². The normalized spacial score (nSPS) is 18.5. The lowest BCUT2D eigenvalue weighted by Crippen LogP contribution is -2.49. The van der Waals surface area contributed by atoms with Crippen LogP contribution in [0.3, 0.4) is 0 Å². The predicted molar refractivity (Wildman–Crippen MR) is 79.7 cm³/mol. The number of nitrogens with one attached hydrogen (secondary N) is 1. The number of aromatic nitrogens is 3. The summed E-state index contributed by atoms with van der Waals surface area (Å²) in [4.78, 5) is 11.8. The highest BCUT2D eigenvalue weighted by Crippen LogP contribution is 2.20. The number of halogens is 2. The van der Waals surface area contributed by atoms with Gasteiger partial charge in [0.15, 0.2) is 0 Å². The zero-order valence-corrected chi connectivity index (χ0v) is 12.9. The fourth-order valence-corrected chi connectivity index (χ4v) is 2.69. The highest BCUT2D eigenvalue weighted by Gasteiger charge is 2.27. The molecular formula is C14H15ClFN5O2. The molecule has 2 N–H and O–H groups in total. The molecule has 2 heterocycles. The third kappa shape index (κ3) is 3.49. The molecule has 1 aromatic heterocycles. The van der Waals surface area contributed by atoms with Gasteiger partial charge in [-0.25, -0.2) is 14.1 Å². The van der Waals surface area contributed by atoms with Crippen molar-refractivity contribution in [3.8, 4) is 5.69 Å². The van der Waals surface area contributed by atoms with E-state index in [4.69, 9.17) is 11.6 Å². The van der Waals surface area contributed by atoms with Crippen molar-refractivity contribution >= 4 is 17.5 Å². The number of hydroxylamine groups is 2. The van der Waals surface area contributed by atoms with Crippen LogP contribution >= 0.6 is 11.6 Å². The van der Waals surface area contributed by atoms with E-state index in [9.17, 15) is 14.4 Å².